The molecule has 0 radical (unpaired) electrons. The zero-order valence-electron chi connectivity index (χ0n) is 22.4. The molecule has 0 bridgehead atoms. The second-order valence-corrected chi connectivity index (χ2v) is 10.8. The fraction of sp³-hybridized carbons (Fsp3) is 0.323. The molecular weight excluding hydrogens is 502 g/mol. The van der Waals surface area contributed by atoms with E-state index in [1.54, 1.807) is 31.5 Å². The van der Waals surface area contributed by atoms with E-state index in [2.05, 4.69) is 34.0 Å². The molecular formula is C31H29N7O2. The number of aryl methyl sites for hydroxylation is 1. The second kappa shape index (κ2) is 8.65. The van der Waals surface area contributed by atoms with Crippen LogP contribution in [-0.4, -0.2) is 41.6 Å². The number of hydrogen-bond acceptors (Lipinski definition) is 6. The Bertz CT molecular complexity index is 1770. The molecule has 3 unspecified atom stereocenters. The molecule has 3 aliphatic rings. The van der Waals surface area contributed by atoms with Gasteiger partial charge in [0.2, 0.25) is 0 Å². The number of nitrogens with one attached hydrogen (secondary N) is 1. The van der Waals surface area contributed by atoms with Crippen LogP contribution in [0.4, 0.5) is 11.6 Å². The van der Waals surface area contributed by atoms with Gasteiger partial charge in [-0.15, -0.1) is 0 Å². The number of nitrogens with zero attached hydrogens (tertiary/aromatic N) is 5. The molecule has 3 fully saturated rings. The van der Waals surface area contributed by atoms with Gasteiger partial charge in [-0.05, 0) is 80.7 Å². The first-order valence-corrected chi connectivity index (χ1v) is 13.7. The van der Waals surface area contributed by atoms with Gasteiger partial charge in [0.25, 0.3) is 11.8 Å². The van der Waals surface area contributed by atoms with E-state index in [9.17, 15) is 9.59 Å². The molecule has 3 atom stereocenters. The van der Waals surface area contributed by atoms with Gasteiger partial charge in [-0.1, -0.05) is 25.0 Å². The minimum atomic E-state index is -0.494. The van der Waals surface area contributed by atoms with Crippen molar-refractivity contribution >= 4 is 29.0 Å². The third kappa shape index (κ3) is 3.13. The number of pyridine rings is 1. The van der Waals surface area contributed by atoms with E-state index in [-0.39, 0.29) is 17.4 Å². The number of aromatic nitrogens is 4. The number of benzene rings is 1. The molecule has 4 aromatic rings. The lowest BCUT2D eigenvalue weighted by Crippen LogP contribution is -2.39. The average Bonchev–Trinajstić information content (AvgIpc) is 3.30. The summed E-state index contributed by atoms with van der Waals surface area (Å²) < 4.78 is 2.00. The number of carbonyl (C=O) groups is 2. The first-order chi connectivity index (χ1) is 19.4. The Morgan fingerprint density at radius 3 is 2.65 bits per heavy atom. The Hall–Kier alpha value is -4.71. The van der Waals surface area contributed by atoms with Crippen molar-refractivity contribution in [3.05, 3.63) is 71.9 Å². The quantitative estimate of drug-likeness (QED) is 0.295. The highest BCUT2D eigenvalue weighted by Gasteiger charge is 2.87. The van der Waals surface area contributed by atoms with Gasteiger partial charge in [-0.2, -0.15) is 0 Å². The minimum absolute atomic E-state index is 0.137. The molecule has 1 aromatic carbocycles. The fourth-order valence-electron chi connectivity index (χ4n) is 7.24. The molecule has 40 heavy (non-hydrogen) atoms. The van der Waals surface area contributed by atoms with Crippen LogP contribution < -0.4 is 11.1 Å². The van der Waals surface area contributed by atoms with Gasteiger partial charge >= 0.3 is 0 Å². The van der Waals surface area contributed by atoms with Crippen molar-refractivity contribution in [2.45, 2.75) is 57.0 Å². The number of imidazole rings is 1. The maximum Gasteiger partial charge on any atom is 0.299 e. The van der Waals surface area contributed by atoms with Gasteiger partial charge in [0.1, 0.15) is 34.2 Å². The zero-order valence-corrected chi connectivity index (χ0v) is 22.4. The molecule has 7 rings (SSSR count). The SMILES string of the molecule is CC#CC(=O)N1C2(c3nc(-c4ccc(C(=O)Nc5cc(CC)ccn5)cc4)c4c(N)nccn34)CCC3CCC312. The van der Waals surface area contributed by atoms with Crippen molar-refractivity contribution in [1.82, 2.24) is 24.3 Å². The summed E-state index contributed by atoms with van der Waals surface area (Å²) in [4.78, 5) is 41.9. The van der Waals surface area contributed by atoms with Gasteiger partial charge in [-0.3, -0.25) is 14.0 Å². The second-order valence-electron chi connectivity index (χ2n) is 10.8. The van der Waals surface area contributed by atoms with Crippen LogP contribution in [0.5, 0.6) is 0 Å². The average molecular weight is 532 g/mol. The molecule has 2 saturated carbocycles. The summed E-state index contributed by atoms with van der Waals surface area (Å²) in [5, 5.41) is 2.87. The number of nitrogen functional groups attached to an aromatic ring is 1. The first-order valence-electron chi connectivity index (χ1n) is 13.7. The summed E-state index contributed by atoms with van der Waals surface area (Å²) >= 11 is 0. The number of anilines is 2. The highest BCUT2D eigenvalue weighted by atomic mass is 16.2. The van der Waals surface area contributed by atoms with Crippen LogP contribution in [0.25, 0.3) is 16.8 Å². The van der Waals surface area contributed by atoms with Crippen molar-refractivity contribution in [1.29, 1.82) is 0 Å². The van der Waals surface area contributed by atoms with Crippen LogP contribution >= 0.6 is 0 Å². The monoisotopic (exact) mass is 531 g/mol. The van der Waals surface area contributed by atoms with E-state index in [1.165, 1.54) is 0 Å². The van der Waals surface area contributed by atoms with E-state index in [0.29, 0.717) is 34.3 Å². The largest absolute Gasteiger partial charge is 0.382 e. The lowest BCUT2D eigenvalue weighted by molar-refractivity contribution is -0.124. The standard InChI is InChI=1S/C31H29N7O2/c1-3-5-24(39)38-30-13-10-22(30)11-14-31(30,38)29-36-25(26-27(32)34-16-17-37(26)29)20-6-8-21(9-7-20)28(40)35-23-18-19(4-2)12-15-33-23/h6-9,12,15-18,22H,4,10-11,13-14H2,1-2H3,(H2,32,34)(H,33,35,40). The van der Waals surface area contributed by atoms with Crippen LogP contribution in [0.1, 0.15) is 61.3 Å². The topological polar surface area (TPSA) is 118 Å². The van der Waals surface area contributed by atoms with Crippen LogP contribution in [0.2, 0.25) is 0 Å². The predicted octanol–water partition coefficient (Wildman–Crippen LogP) is 4.19. The Balaban J connectivity index is 1.27. The van der Waals surface area contributed by atoms with Gasteiger partial charge in [-0.25, -0.2) is 15.0 Å². The number of hydrogen-bond donors (Lipinski definition) is 2. The molecule has 9 heteroatoms. The van der Waals surface area contributed by atoms with Gasteiger partial charge in [0.05, 0.1) is 5.54 Å². The summed E-state index contributed by atoms with van der Waals surface area (Å²) in [6, 6.07) is 11.1. The maximum absolute atomic E-state index is 13.2. The summed E-state index contributed by atoms with van der Waals surface area (Å²) in [5.74, 6) is 7.33. The van der Waals surface area contributed by atoms with Crippen molar-refractivity contribution in [2.24, 2.45) is 5.92 Å². The Morgan fingerprint density at radius 1 is 1.12 bits per heavy atom. The number of fused-ring (bicyclic) bond motifs is 1. The van der Waals surface area contributed by atoms with E-state index in [4.69, 9.17) is 10.7 Å². The lowest BCUT2D eigenvalue weighted by atomic mass is 9.71. The first kappa shape index (κ1) is 24.3. The number of carbonyl (C=O) groups excluding carboxylic acids is 2. The van der Waals surface area contributed by atoms with Crippen molar-refractivity contribution in [3.63, 3.8) is 0 Å². The molecule has 1 aliphatic heterocycles. The summed E-state index contributed by atoms with van der Waals surface area (Å²) in [6.07, 6.45) is 10.1. The Morgan fingerprint density at radius 2 is 1.93 bits per heavy atom. The smallest absolute Gasteiger partial charge is 0.299 e. The lowest BCUT2D eigenvalue weighted by Gasteiger charge is -2.34. The molecule has 3 N–H and O–H groups in total. The summed E-state index contributed by atoms with van der Waals surface area (Å²) in [6.45, 7) is 3.75. The van der Waals surface area contributed by atoms with Crippen LogP contribution in [0.15, 0.2) is 55.0 Å². The normalized spacial score (nSPS) is 23.9. The number of rotatable bonds is 5. The number of likely N-dealkylation sites (tertiary alicyclic amines) is 1. The highest BCUT2D eigenvalue weighted by molar-refractivity contribution is 6.04. The molecule has 200 valence electrons. The van der Waals surface area contributed by atoms with Gasteiger partial charge in [0.15, 0.2) is 0 Å². The number of nitrogens with two attached hydrogens (primary N) is 1. The van der Waals surface area contributed by atoms with E-state index in [0.717, 1.165) is 49.1 Å². The minimum Gasteiger partial charge on any atom is -0.382 e. The number of amides is 2. The Labute approximate surface area is 231 Å². The maximum atomic E-state index is 13.2. The van der Waals surface area contributed by atoms with Crippen molar-refractivity contribution in [2.75, 3.05) is 11.1 Å². The zero-order chi connectivity index (χ0) is 27.6. The molecule has 1 saturated heterocycles. The number of piperidine rings is 1. The summed E-state index contributed by atoms with van der Waals surface area (Å²) in [5.41, 5.74) is 9.51. The molecule has 4 heterocycles. The van der Waals surface area contributed by atoms with Crippen molar-refractivity contribution in [3.8, 4) is 23.1 Å². The summed E-state index contributed by atoms with van der Waals surface area (Å²) in [7, 11) is 0. The van der Waals surface area contributed by atoms with E-state index in [1.807, 2.05) is 39.8 Å². The van der Waals surface area contributed by atoms with E-state index < -0.39 is 5.54 Å². The third-order valence-corrected chi connectivity index (χ3v) is 9.13. The van der Waals surface area contributed by atoms with Gasteiger partial charge in [0, 0.05) is 29.7 Å². The van der Waals surface area contributed by atoms with Gasteiger partial charge < -0.3 is 16.0 Å². The molecule has 2 amide bonds. The molecule has 9 nitrogen and oxygen atoms in total. The fourth-order valence-corrected chi connectivity index (χ4v) is 7.24. The molecule has 2 aliphatic carbocycles. The molecule has 3 aromatic heterocycles. The predicted molar refractivity (Wildman–Crippen MR) is 151 cm³/mol. The van der Waals surface area contributed by atoms with E-state index >= 15 is 0 Å². The van der Waals surface area contributed by atoms with Crippen LogP contribution in [0, 0.1) is 17.8 Å². The van der Waals surface area contributed by atoms with Crippen LogP contribution in [-0.2, 0) is 16.8 Å². The third-order valence-electron chi connectivity index (χ3n) is 9.13. The Kier molecular flexibility index (Phi) is 5.26. The van der Waals surface area contributed by atoms with Crippen molar-refractivity contribution < 1.29 is 9.59 Å². The van der Waals surface area contributed by atoms with Crippen LogP contribution in [0.3, 0.4) is 0 Å². The highest BCUT2D eigenvalue weighted by Crippen LogP contribution is 2.77. The molecule has 1 spiro atoms.